The second-order valence-corrected chi connectivity index (χ2v) is 28.4. The molecule has 19 heteroatoms. The van der Waals surface area contributed by atoms with Crippen LogP contribution in [0.15, 0.2) is 146 Å². The van der Waals surface area contributed by atoms with Crippen molar-refractivity contribution in [2.45, 2.75) is 316 Å². The van der Waals surface area contributed by atoms with Crippen LogP contribution in [0.4, 0.5) is 0 Å². The number of aliphatic hydroxyl groups is 1. The molecule has 582 valence electrons. The van der Waals surface area contributed by atoms with Crippen LogP contribution in [-0.2, 0) is 65.4 Å². The van der Waals surface area contributed by atoms with E-state index in [1.807, 2.05) is 0 Å². The lowest BCUT2D eigenvalue weighted by molar-refractivity contribution is -0.161. The predicted molar refractivity (Wildman–Crippen MR) is 417 cm³/mol. The van der Waals surface area contributed by atoms with Crippen LogP contribution in [-0.4, -0.2) is 96.7 Å². The molecule has 0 amide bonds. The summed E-state index contributed by atoms with van der Waals surface area (Å²) in [6.07, 6.45) is 84.1. The minimum absolute atomic E-state index is 0.0657. The molecular formula is C83H138O17P2. The number of ether oxygens (including phenoxy) is 4. The third-order valence-electron chi connectivity index (χ3n) is 15.7. The van der Waals surface area contributed by atoms with Crippen LogP contribution < -0.4 is 0 Å². The van der Waals surface area contributed by atoms with E-state index in [2.05, 4.69) is 174 Å². The summed E-state index contributed by atoms with van der Waals surface area (Å²) in [5.41, 5.74) is 0. The minimum Gasteiger partial charge on any atom is -0.462 e. The molecule has 0 aromatic carbocycles. The molecule has 3 N–H and O–H groups in total. The fraction of sp³-hybridized carbons (Fsp3) is 0.663. The van der Waals surface area contributed by atoms with Gasteiger partial charge in [0.1, 0.15) is 19.3 Å². The number of phosphoric acid groups is 2. The lowest BCUT2D eigenvalue weighted by Gasteiger charge is -2.21. The largest absolute Gasteiger partial charge is 0.472 e. The number of carbonyl (C=O) groups excluding carboxylic acids is 4. The van der Waals surface area contributed by atoms with Gasteiger partial charge < -0.3 is 33.8 Å². The van der Waals surface area contributed by atoms with Crippen molar-refractivity contribution < 1.29 is 80.2 Å². The van der Waals surface area contributed by atoms with Crippen LogP contribution in [0.2, 0.25) is 0 Å². The fourth-order valence-electron chi connectivity index (χ4n) is 9.86. The van der Waals surface area contributed by atoms with Gasteiger partial charge >= 0.3 is 39.5 Å². The first-order valence-corrected chi connectivity index (χ1v) is 42.1. The second kappa shape index (κ2) is 74.2. The summed E-state index contributed by atoms with van der Waals surface area (Å²) in [7, 11) is -9.99. The molecule has 0 saturated heterocycles. The Balaban J connectivity index is 5.43. The summed E-state index contributed by atoms with van der Waals surface area (Å²) >= 11 is 0. The zero-order chi connectivity index (χ0) is 74.6. The van der Waals surface area contributed by atoms with Gasteiger partial charge in [0.05, 0.1) is 26.4 Å². The summed E-state index contributed by atoms with van der Waals surface area (Å²) in [6, 6.07) is 0. The van der Waals surface area contributed by atoms with Gasteiger partial charge in [-0.2, -0.15) is 0 Å². The molecule has 0 heterocycles. The number of phosphoric ester groups is 2. The van der Waals surface area contributed by atoms with E-state index in [0.29, 0.717) is 25.7 Å². The number of esters is 4. The van der Waals surface area contributed by atoms with Crippen LogP contribution in [0, 0.1) is 0 Å². The van der Waals surface area contributed by atoms with Crippen LogP contribution in [0.5, 0.6) is 0 Å². The highest BCUT2D eigenvalue weighted by molar-refractivity contribution is 7.47. The number of rotatable bonds is 72. The van der Waals surface area contributed by atoms with Gasteiger partial charge in [-0.05, 0) is 161 Å². The van der Waals surface area contributed by atoms with Crippen LogP contribution in [0.1, 0.15) is 297 Å². The summed E-state index contributed by atoms with van der Waals surface area (Å²) < 4.78 is 68.5. The second-order valence-electron chi connectivity index (χ2n) is 25.5. The normalized spacial score (nSPS) is 14.7. The highest BCUT2D eigenvalue weighted by atomic mass is 31.2. The molecule has 0 bridgehead atoms. The first-order chi connectivity index (χ1) is 49.7. The molecule has 0 rings (SSSR count). The standard InChI is InChI=1S/C83H138O17P2/c1-5-9-13-17-21-25-29-33-36-37-38-39-42-45-48-52-56-60-64-68-81(86)94-73-78(99-82(87)69-65-61-57-53-49-43-32-28-24-20-16-12-8-4)75-97-101(89,90)95-71-77(84)72-96-102(91,92)98-76-79(100-83(88)70-66-62-58-54-50-46-41-35-31-27-23-19-15-11-7-3)74-93-80(85)67-63-59-55-51-47-44-40-34-30-26-22-18-14-10-6-2/h9-10,13-14,16,20-22,25-26,28,32-36,38-41,45,47-48,51,77-79,84H,5-8,11-12,15,17-19,23-24,27,29-31,37,42-44,46,49-50,52-76H2,1-4H3,(H,89,90)(H,91,92)/b13-9-,14-10-,20-16-,25-21-,26-22-,32-28-,36-33-,39-38-,40-34-,41-35-,48-45-,51-47-. The minimum atomic E-state index is -4.99. The number of unbranched alkanes of at least 4 members (excludes halogenated alkanes) is 22. The number of hydrogen-bond donors (Lipinski definition) is 3. The average molecular weight is 1470 g/mol. The van der Waals surface area contributed by atoms with Crippen molar-refractivity contribution in [2.75, 3.05) is 39.6 Å². The molecular weight excluding hydrogens is 1330 g/mol. The van der Waals surface area contributed by atoms with Crippen LogP contribution >= 0.6 is 15.6 Å². The number of hydrogen-bond acceptors (Lipinski definition) is 15. The van der Waals surface area contributed by atoms with Gasteiger partial charge in [0.15, 0.2) is 12.2 Å². The van der Waals surface area contributed by atoms with E-state index in [0.717, 1.165) is 180 Å². The molecule has 0 aliphatic rings. The monoisotopic (exact) mass is 1470 g/mol. The van der Waals surface area contributed by atoms with Crippen LogP contribution in [0.3, 0.4) is 0 Å². The third kappa shape index (κ3) is 73.3. The maximum absolute atomic E-state index is 13.1. The predicted octanol–water partition coefficient (Wildman–Crippen LogP) is 22.7. The quantitative estimate of drug-likeness (QED) is 0.0169. The molecule has 102 heavy (non-hydrogen) atoms. The number of carbonyl (C=O) groups is 4. The van der Waals surface area contributed by atoms with Gasteiger partial charge in [-0.1, -0.05) is 257 Å². The molecule has 5 atom stereocenters. The SMILES string of the molecule is CC/C=C\C/C=C\C/C=C\C/C=C\C/C=C\CCCCCC(=O)OCC(COP(=O)(O)OCC(O)COP(=O)(O)OCC(COC(=O)CCCC/C=C\C/C=C\C/C=C\C/C=C\CC)OC(=O)CCCCCCC/C=C\CCCCCCCC)OC(=O)CCCCCCC/C=C\C/C=C\CCC. The van der Waals surface area contributed by atoms with Crippen molar-refractivity contribution in [2.24, 2.45) is 0 Å². The summed E-state index contributed by atoms with van der Waals surface area (Å²) in [6.45, 7) is 4.46. The Hall–Kier alpha value is -5.06. The van der Waals surface area contributed by atoms with E-state index in [-0.39, 0.29) is 25.7 Å². The molecule has 0 fully saturated rings. The van der Waals surface area contributed by atoms with Crippen molar-refractivity contribution >= 4 is 39.5 Å². The summed E-state index contributed by atoms with van der Waals surface area (Å²) in [4.78, 5) is 72.9. The zero-order valence-electron chi connectivity index (χ0n) is 63.5. The molecule has 0 aromatic rings. The Bertz CT molecular complexity index is 2510. The van der Waals surface area contributed by atoms with E-state index >= 15 is 0 Å². The highest BCUT2D eigenvalue weighted by Gasteiger charge is 2.30. The molecule has 5 unspecified atom stereocenters. The van der Waals surface area contributed by atoms with Gasteiger partial charge in [0.2, 0.25) is 0 Å². The van der Waals surface area contributed by atoms with Crippen molar-refractivity contribution in [1.29, 1.82) is 0 Å². The smallest absolute Gasteiger partial charge is 0.462 e. The van der Waals surface area contributed by atoms with Crippen molar-refractivity contribution in [1.82, 2.24) is 0 Å². The van der Waals surface area contributed by atoms with E-state index in [4.69, 9.17) is 37.0 Å². The third-order valence-corrected chi connectivity index (χ3v) is 17.7. The maximum Gasteiger partial charge on any atom is 0.472 e. The molecule has 17 nitrogen and oxygen atoms in total. The number of aliphatic hydroxyl groups excluding tert-OH is 1. The molecule has 0 saturated carbocycles. The molecule has 0 aliphatic carbocycles. The molecule has 0 aliphatic heterocycles. The Morgan fingerprint density at radius 1 is 0.284 bits per heavy atom. The number of allylic oxidation sites excluding steroid dienone is 24. The molecule has 0 radical (unpaired) electrons. The molecule has 0 spiro atoms. The Kier molecular flexibility index (Phi) is 70.5. The highest BCUT2D eigenvalue weighted by Crippen LogP contribution is 2.45. The van der Waals surface area contributed by atoms with E-state index in [1.54, 1.807) is 0 Å². The Morgan fingerprint density at radius 2 is 0.529 bits per heavy atom. The van der Waals surface area contributed by atoms with Gasteiger partial charge in [-0.25, -0.2) is 9.13 Å². The lowest BCUT2D eigenvalue weighted by Crippen LogP contribution is -2.30. The average Bonchev–Trinajstić information content (AvgIpc) is 0.908. The Labute approximate surface area is 617 Å². The van der Waals surface area contributed by atoms with Gasteiger partial charge in [-0.3, -0.25) is 37.3 Å². The van der Waals surface area contributed by atoms with Gasteiger partial charge in [0.25, 0.3) is 0 Å². The van der Waals surface area contributed by atoms with Gasteiger partial charge in [-0.15, -0.1) is 0 Å². The first-order valence-electron chi connectivity index (χ1n) is 39.1. The summed E-state index contributed by atoms with van der Waals surface area (Å²) in [5, 5.41) is 10.6. The van der Waals surface area contributed by atoms with E-state index in [1.165, 1.54) is 38.5 Å². The van der Waals surface area contributed by atoms with Crippen LogP contribution in [0.25, 0.3) is 0 Å². The van der Waals surface area contributed by atoms with Crippen molar-refractivity contribution in [3.8, 4) is 0 Å². The lowest BCUT2D eigenvalue weighted by atomic mass is 10.1. The fourth-order valence-corrected chi connectivity index (χ4v) is 11.4. The Morgan fingerprint density at radius 3 is 0.863 bits per heavy atom. The summed E-state index contributed by atoms with van der Waals surface area (Å²) in [5.74, 6) is -2.29. The zero-order valence-corrected chi connectivity index (χ0v) is 65.3. The maximum atomic E-state index is 13.1. The first kappa shape index (κ1) is 96.9. The topological polar surface area (TPSA) is 237 Å². The van der Waals surface area contributed by atoms with Gasteiger partial charge in [0, 0.05) is 25.7 Å². The van der Waals surface area contributed by atoms with Crippen molar-refractivity contribution in [3.63, 3.8) is 0 Å². The molecule has 0 aromatic heterocycles. The van der Waals surface area contributed by atoms with E-state index in [9.17, 15) is 43.2 Å². The van der Waals surface area contributed by atoms with E-state index < -0.39 is 97.5 Å². The van der Waals surface area contributed by atoms with Crippen molar-refractivity contribution in [3.05, 3.63) is 146 Å².